The van der Waals surface area contributed by atoms with Crippen LogP contribution in [0.1, 0.15) is 16.2 Å². The van der Waals surface area contributed by atoms with Crippen LogP contribution in [0.25, 0.3) is 27.8 Å². The number of carboxylic acids is 1. The molecule has 0 spiro atoms. The summed E-state index contributed by atoms with van der Waals surface area (Å²) < 4.78 is 20.0. The molecule has 28 heavy (non-hydrogen) atoms. The molecule has 0 atom stereocenters. The molecule has 4 rings (SSSR count). The fourth-order valence-electron chi connectivity index (χ4n) is 3.16. The predicted octanol–water partition coefficient (Wildman–Crippen LogP) is 4.24. The highest BCUT2D eigenvalue weighted by Gasteiger charge is 2.19. The van der Waals surface area contributed by atoms with Crippen molar-refractivity contribution in [2.24, 2.45) is 0 Å². The zero-order chi connectivity index (χ0) is 19.8. The van der Waals surface area contributed by atoms with Crippen LogP contribution >= 0.6 is 0 Å². The van der Waals surface area contributed by atoms with E-state index in [-0.39, 0.29) is 11.5 Å². The zero-order valence-electron chi connectivity index (χ0n) is 15.2. The van der Waals surface area contributed by atoms with E-state index in [0.717, 1.165) is 10.9 Å². The Hall–Kier alpha value is -3.74. The SMILES string of the molecule is COc1ccc(-c2cc(C(=O)O)nc3c2c(C)nn3-c2ccc(F)cc2)cc1. The zero-order valence-corrected chi connectivity index (χ0v) is 15.2. The Morgan fingerprint density at radius 3 is 2.39 bits per heavy atom. The van der Waals surface area contributed by atoms with Crippen LogP contribution in [0.5, 0.6) is 5.75 Å². The first-order valence-electron chi connectivity index (χ1n) is 8.52. The van der Waals surface area contributed by atoms with E-state index in [9.17, 15) is 14.3 Å². The molecule has 0 radical (unpaired) electrons. The number of methoxy groups -OCH3 is 1. The van der Waals surface area contributed by atoms with Crippen molar-refractivity contribution in [1.29, 1.82) is 0 Å². The first-order chi connectivity index (χ1) is 13.5. The quantitative estimate of drug-likeness (QED) is 0.576. The summed E-state index contributed by atoms with van der Waals surface area (Å²) in [6.07, 6.45) is 0. The molecule has 0 saturated heterocycles. The van der Waals surface area contributed by atoms with Crippen LogP contribution in [0.15, 0.2) is 54.6 Å². The Kier molecular flexibility index (Phi) is 4.27. The van der Waals surface area contributed by atoms with Crippen molar-refractivity contribution in [1.82, 2.24) is 14.8 Å². The van der Waals surface area contributed by atoms with Crippen molar-refractivity contribution in [3.63, 3.8) is 0 Å². The van der Waals surface area contributed by atoms with Gasteiger partial charge >= 0.3 is 5.97 Å². The molecule has 0 unspecified atom stereocenters. The van der Waals surface area contributed by atoms with E-state index in [1.165, 1.54) is 22.9 Å². The van der Waals surface area contributed by atoms with Crippen molar-refractivity contribution in [3.05, 3.63) is 71.8 Å². The van der Waals surface area contributed by atoms with E-state index >= 15 is 0 Å². The lowest BCUT2D eigenvalue weighted by Crippen LogP contribution is -2.04. The molecular formula is C21H16FN3O3. The monoisotopic (exact) mass is 377 g/mol. The third kappa shape index (κ3) is 2.96. The summed E-state index contributed by atoms with van der Waals surface area (Å²) in [4.78, 5) is 16.0. The number of hydrogen-bond acceptors (Lipinski definition) is 4. The van der Waals surface area contributed by atoms with E-state index in [0.29, 0.717) is 28.3 Å². The van der Waals surface area contributed by atoms with E-state index in [2.05, 4.69) is 10.1 Å². The van der Waals surface area contributed by atoms with Crippen LogP contribution < -0.4 is 4.74 Å². The van der Waals surface area contributed by atoms with Gasteiger partial charge in [0.1, 0.15) is 11.6 Å². The van der Waals surface area contributed by atoms with Gasteiger partial charge in [-0.1, -0.05) is 12.1 Å². The maximum atomic E-state index is 13.3. The van der Waals surface area contributed by atoms with Gasteiger partial charge in [-0.05, 0) is 60.5 Å². The molecule has 0 saturated carbocycles. The number of nitrogens with zero attached hydrogens (tertiary/aromatic N) is 3. The largest absolute Gasteiger partial charge is 0.497 e. The van der Waals surface area contributed by atoms with E-state index in [4.69, 9.17) is 4.74 Å². The summed E-state index contributed by atoms with van der Waals surface area (Å²) in [7, 11) is 1.58. The fourth-order valence-corrected chi connectivity index (χ4v) is 3.16. The van der Waals surface area contributed by atoms with Gasteiger partial charge in [0.05, 0.1) is 23.9 Å². The number of ether oxygens (including phenoxy) is 1. The highest BCUT2D eigenvalue weighted by molar-refractivity contribution is 5.99. The van der Waals surface area contributed by atoms with Gasteiger partial charge in [-0.15, -0.1) is 0 Å². The molecular weight excluding hydrogens is 361 g/mol. The van der Waals surface area contributed by atoms with Crippen LogP contribution in [0, 0.1) is 12.7 Å². The van der Waals surface area contributed by atoms with E-state index in [1.54, 1.807) is 19.2 Å². The highest BCUT2D eigenvalue weighted by atomic mass is 19.1. The molecule has 0 aliphatic rings. The summed E-state index contributed by atoms with van der Waals surface area (Å²) in [5.74, 6) is -0.803. The summed E-state index contributed by atoms with van der Waals surface area (Å²) >= 11 is 0. The van der Waals surface area contributed by atoms with E-state index < -0.39 is 5.97 Å². The Bertz CT molecular complexity index is 1180. The summed E-state index contributed by atoms with van der Waals surface area (Å²) in [6, 6.07) is 14.7. The second-order valence-electron chi connectivity index (χ2n) is 6.26. The van der Waals surface area contributed by atoms with Crippen LogP contribution in [-0.4, -0.2) is 33.0 Å². The van der Waals surface area contributed by atoms with Crippen LogP contribution in [-0.2, 0) is 0 Å². The number of carbonyl (C=O) groups is 1. The van der Waals surface area contributed by atoms with Crippen molar-refractivity contribution in [3.8, 4) is 22.6 Å². The van der Waals surface area contributed by atoms with Crippen LogP contribution in [0.4, 0.5) is 4.39 Å². The van der Waals surface area contributed by atoms with Gasteiger partial charge in [0.2, 0.25) is 0 Å². The number of fused-ring (bicyclic) bond motifs is 1. The topological polar surface area (TPSA) is 77.2 Å². The number of aromatic carboxylic acids is 1. The average Bonchev–Trinajstić information content (AvgIpc) is 3.04. The summed E-state index contributed by atoms with van der Waals surface area (Å²) in [6.45, 7) is 1.83. The number of rotatable bonds is 4. The third-order valence-electron chi connectivity index (χ3n) is 4.50. The molecule has 2 aromatic carbocycles. The predicted molar refractivity (Wildman–Crippen MR) is 103 cm³/mol. The minimum absolute atomic E-state index is 0.0958. The molecule has 0 aliphatic carbocycles. The minimum Gasteiger partial charge on any atom is -0.497 e. The number of aryl methyl sites for hydroxylation is 1. The van der Waals surface area contributed by atoms with Gasteiger partial charge in [0, 0.05) is 0 Å². The number of aromatic nitrogens is 3. The minimum atomic E-state index is -1.14. The van der Waals surface area contributed by atoms with Crippen molar-refractivity contribution in [2.75, 3.05) is 7.11 Å². The van der Waals surface area contributed by atoms with Crippen molar-refractivity contribution < 1.29 is 19.0 Å². The second kappa shape index (κ2) is 6.77. The Balaban J connectivity index is 2.01. The second-order valence-corrected chi connectivity index (χ2v) is 6.26. The summed E-state index contributed by atoms with van der Waals surface area (Å²) in [5.41, 5.74) is 3.11. The maximum Gasteiger partial charge on any atom is 0.354 e. The molecule has 0 bridgehead atoms. The van der Waals surface area contributed by atoms with Gasteiger partial charge in [0.25, 0.3) is 0 Å². The van der Waals surface area contributed by atoms with Gasteiger partial charge in [0.15, 0.2) is 11.3 Å². The van der Waals surface area contributed by atoms with Gasteiger partial charge < -0.3 is 9.84 Å². The van der Waals surface area contributed by atoms with E-state index in [1.807, 2.05) is 31.2 Å². The van der Waals surface area contributed by atoms with Crippen LogP contribution in [0.2, 0.25) is 0 Å². The van der Waals surface area contributed by atoms with Gasteiger partial charge in [-0.3, -0.25) is 0 Å². The number of pyridine rings is 1. The molecule has 2 heterocycles. The standard InChI is InChI=1S/C21H16FN3O3/c1-12-19-17(13-3-9-16(28-2)10-4-13)11-18(21(26)27)23-20(19)25(24-12)15-7-5-14(22)6-8-15/h3-11H,1-2H3,(H,26,27). The maximum absolute atomic E-state index is 13.3. The number of carboxylic acid groups (broad SMARTS) is 1. The lowest BCUT2D eigenvalue weighted by Gasteiger charge is -2.08. The molecule has 7 heteroatoms. The molecule has 1 N–H and O–H groups in total. The normalized spacial score (nSPS) is 11.0. The third-order valence-corrected chi connectivity index (χ3v) is 4.50. The molecule has 2 aromatic heterocycles. The summed E-state index contributed by atoms with van der Waals surface area (Å²) in [5, 5.41) is 14.8. The van der Waals surface area contributed by atoms with Crippen molar-refractivity contribution >= 4 is 17.0 Å². The highest BCUT2D eigenvalue weighted by Crippen LogP contribution is 2.33. The van der Waals surface area contributed by atoms with Crippen molar-refractivity contribution in [2.45, 2.75) is 6.92 Å². The first kappa shape index (κ1) is 17.7. The molecule has 6 nitrogen and oxygen atoms in total. The number of benzene rings is 2. The Morgan fingerprint density at radius 2 is 1.79 bits per heavy atom. The van der Waals surface area contributed by atoms with Crippen LogP contribution in [0.3, 0.4) is 0 Å². The lowest BCUT2D eigenvalue weighted by atomic mass is 10.0. The smallest absolute Gasteiger partial charge is 0.354 e. The molecule has 0 fully saturated rings. The molecule has 0 aliphatic heterocycles. The van der Waals surface area contributed by atoms with Gasteiger partial charge in [-0.2, -0.15) is 5.10 Å². The first-order valence-corrected chi connectivity index (χ1v) is 8.52. The lowest BCUT2D eigenvalue weighted by molar-refractivity contribution is 0.0691. The molecule has 0 amide bonds. The average molecular weight is 377 g/mol. The Labute approximate surface area is 159 Å². The number of halogens is 1. The molecule has 4 aromatic rings. The molecule has 140 valence electrons. The fraction of sp³-hybridized carbons (Fsp3) is 0.0952. The Morgan fingerprint density at radius 1 is 1.11 bits per heavy atom. The number of hydrogen-bond donors (Lipinski definition) is 1. The van der Waals surface area contributed by atoms with Gasteiger partial charge in [-0.25, -0.2) is 18.9 Å².